The Labute approximate surface area is 98.7 Å². The van der Waals surface area contributed by atoms with E-state index in [1.165, 1.54) is 24.1 Å². The Kier molecular flexibility index (Phi) is 3.49. The molecular formula is C14H22N2. The molecule has 1 N–H and O–H groups in total. The summed E-state index contributed by atoms with van der Waals surface area (Å²) in [5.74, 6) is 0. The predicted octanol–water partition coefficient (Wildman–Crippen LogP) is 2.57. The molecule has 1 fully saturated rings. The number of nitrogens with one attached hydrogen (secondary N) is 1. The average molecular weight is 218 g/mol. The van der Waals surface area contributed by atoms with Crippen molar-refractivity contribution < 1.29 is 0 Å². The van der Waals surface area contributed by atoms with E-state index in [0.29, 0.717) is 6.04 Å². The molecule has 0 heterocycles. The molecule has 2 nitrogen and oxygen atoms in total. The molecule has 0 radical (unpaired) electrons. The Bertz CT molecular complexity index is 327. The van der Waals surface area contributed by atoms with E-state index in [4.69, 9.17) is 0 Å². The van der Waals surface area contributed by atoms with Gasteiger partial charge in [-0.3, -0.25) is 0 Å². The first-order valence-corrected chi connectivity index (χ1v) is 6.19. The first kappa shape index (κ1) is 11.5. The van der Waals surface area contributed by atoms with Crippen molar-refractivity contribution in [2.75, 3.05) is 18.5 Å². The summed E-state index contributed by atoms with van der Waals surface area (Å²) < 4.78 is 0. The third-order valence-corrected chi connectivity index (χ3v) is 3.38. The molecule has 1 aromatic carbocycles. The van der Waals surface area contributed by atoms with Crippen LogP contribution in [-0.2, 0) is 0 Å². The van der Waals surface area contributed by atoms with Crippen LogP contribution in [0.3, 0.4) is 0 Å². The standard InChI is InChI=1S/C14H22N2/c1-11-4-8-14(9-5-11)16(3)12(2)10-15-13-6-7-13/h4-5,8-9,12-13,15H,6-7,10H2,1-3H3. The van der Waals surface area contributed by atoms with E-state index in [0.717, 1.165) is 12.6 Å². The van der Waals surface area contributed by atoms with Crippen LogP contribution in [0.4, 0.5) is 5.69 Å². The molecule has 0 saturated heterocycles. The summed E-state index contributed by atoms with van der Waals surface area (Å²) in [6.45, 7) is 5.48. The Morgan fingerprint density at radius 1 is 1.31 bits per heavy atom. The molecule has 0 aromatic heterocycles. The lowest BCUT2D eigenvalue weighted by molar-refractivity contribution is 0.583. The molecule has 1 aromatic rings. The highest BCUT2D eigenvalue weighted by Crippen LogP contribution is 2.20. The quantitative estimate of drug-likeness (QED) is 0.817. The number of hydrogen-bond acceptors (Lipinski definition) is 2. The number of likely N-dealkylation sites (N-methyl/N-ethyl adjacent to an activating group) is 1. The molecule has 0 aliphatic heterocycles. The molecule has 0 spiro atoms. The first-order valence-electron chi connectivity index (χ1n) is 6.19. The largest absolute Gasteiger partial charge is 0.371 e. The molecule has 1 saturated carbocycles. The van der Waals surface area contributed by atoms with Crippen LogP contribution >= 0.6 is 0 Å². The lowest BCUT2D eigenvalue weighted by Crippen LogP contribution is -2.38. The monoisotopic (exact) mass is 218 g/mol. The minimum Gasteiger partial charge on any atom is -0.371 e. The average Bonchev–Trinajstić information content (AvgIpc) is 3.10. The molecule has 0 amide bonds. The van der Waals surface area contributed by atoms with E-state index >= 15 is 0 Å². The van der Waals surface area contributed by atoms with Crippen molar-refractivity contribution in [3.8, 4) is 0 Å². The molecule has 2 heteroatoms. The van der Waals surface area contributed by atoms with Gasteiger partial charge < -0.3 is 10.2 Å². The maximum atomic E-state index is 3.58. The van der Waals surface area contributed by atoms with Crippen LogP contribution in [0.1, 0.15) is 25.3 Å². The van der Waals surface area contributed by atoms with Crippen molar-refractivity contribution in [3.05, 3.63) is 29.8 Å². The highest BCUT2D eigenvalue weighted by molar-refractivity contribution is 5.47. The molecule has 88 valence electrons. The van der Waals surface area contributed by atoms with Crippen molar-refractivity contribution >= 4 is 5.69 Å². The fourth-order valence-electron chi connectivity index (χ4n) is 1.80. The highest BCUT2D eigenvalue weighted by Gasteiger charge is 2.21. The maximum Gasteiger partial charge on any atom is 0.0383 e. The summed E-state index contributed by atoms with van der Waals surface area (Å²) in [6.07, 6.45) is 2.72. The normalized spacial score (nSPS) is 17.2. The molecule has 2 rings (SSSR count). The second-order valence-corrected chi connectivity index (χ2v) is 4.98. The lowest BCUT2D eigenvalue weighted by atomic mass is 10.2. The molecule has 0 bridgehead atoms. The van der Waals surface area contributed by atoms with E-state index in [1.54, 1.807) is 0 Å². The van der Waals surface area contributed by atoms with Crippen molar-refractivity contribution in [2.45, 2.75) is 38.8 Å². The molecular weight excluding hydrogens is 196 g/mol. The summed E-state index contributed by atoms with van der Waals surface area (Å²) in [6, 6.07) is 10.1. The van der Waals surface area contributed by atoms with Gasteiger partial charge in [-0.25, -0.2) is 0 Å². The molecule has 1 unspecified atom stereocenters. The summed E-state index contributed by atoms with van der Waals surface area (Å²) in [4.78, 5) is 2.34. The second kappa shape index (κ2) is 4.88. The van der Waals surface area contributed by atoms with Gasteiger partial charge in [-0.2, -0.15) is 0 Å². The van der Waals surface area contributed by atoms with Gasteiger partial charge in [-0.1, -0.05) is 17.7 Å². The fourth-order valence-corrected chi connectivity index (χ4v) is 1.80. The zero-order chi connectivity index (χ0) is 11.5. The van der Waals surface area contributed by atoms with Gasteiger partial charge in [0.05, 0.1) is 0 Å². The number of nitrogens with zero attached hydrogens (tertiary/aromatic N) is 1. The number of rotatable bonds is 5. The van der Waals surface area contributed by atoms with Gasteiger partial charge in [0.25, 0.3) is 0 Å². The number of aryl methyl sites for hydroxylation is 1. The molecule has 1 aliphatic rings. The third kappa shape index (κ3) is 2.99. The third-order valence-electron chi connectivity index (χ3n) is 3.38. The zero-order valence-electron chi connectivity index (χ0n) is 10.5. The van der Waals surface area contributed by atoms with Gasteiger partial charge in [-0.15, -0.1) is 0 Å². The van der Waals surface area contributed by atoms with Crippen LogP contribution in [-0.4, -0.2) is 25.7 Å². The van der Waals surface area contributed by atoms with Gasteiger partial charge in [0.15, 0.2) is 0 Å². The Hall–Kier alpha value is -1.02. The van der Waals surface area contributed by atoms with Gasteiger partial charge in [0.1, 0.15) is 0 Å². The molecule has 16 heavy (non-hydrogen) atoms. The number of hydrogen-bond donors (Lipinski definition) is 1. The fraction of sp³-hybridized carbons (Fsp3) is 0.571. The van der Waals surface area contributed by atoms with Crippen molar-refractivity contribution in [2.24, 2.45) is 0 Å². The van der Waals surface area contributed by atoms with Crippen LogP contribution in [0, 0.1) is 6.92 Å². The Morgan fingerprint density at radius 3 is 2.50 bits per heavy atom. The van der Waals surface area contributed by atoms with Gasteiger partial charge in [-0.05, 0) is 38.8 Å². The number of anilines is 1. The number of benzene rings is 1. The Balaban J connectivity index is 1.88. The maximum absolute atomic E-state index is 3.58. The van der Waals surface area contributed by atoms with Crippen molar-refractivity contribution in [1.29, 1.82) is 0 Å². The molecule has 1 atom stereocenters. The SMILES string of the molecule is Cc1ccc(N(C)C(C)CNC2CC2)cc1. The van der Waals surface area contributed by atoms with Crippen LogP contribution in [0.5, 0.6) is 0 Å². The summed E-state index contributed by atoms with van der Waals surface area (Å²) in [5, 5.41) is 3.58. The van der Waals surface area contributed by atoms with E-state index in [9.17, 15) is 0 Å². The summed E-state index contributed by atoms with van der Waals surface area (Å²) in [5.41, 5.74) is 2.62. The Morgan fingerprint density at radius 2 is 1.94 bits per heavy atom. The summed E-state index contributed by atoms with van der Waals surface area (Å²) in [7, 11) is 2.17. The van der Waals surface area contributed by atoms with Crippen LogP contribution < -0.4 is 10.2 Å². The first-order chi connectivity index (χ1) is 7.66. The van der Waals surface area contributed by atoms with E-state index < -0.39 is 0 Å². The topological polar surface area (TPSA) is 15.3 Å². The van der Waals surface area contributed by atoms with E-state index in [1.807, 2.05) is 0 Å². The van der Waals surface area contributed by atoms with Crippen molar-refractivity contribution in [1.82, 2.24) is 5.32 Å². The minimum absolute atomic E-state index is 0.545. The predicted molar refractivity (Wildman–Crippen MR) is 70.1 cm³/mol. The zero-order valence-corrected chi connectivity index (χ0v) is 10.5. The van der Waals surface area contributed by atoms with Gasteiger partial charge in [0, 0.05) is 31.4 Å². The van der Waals surface area contributed by atoms with Gasteiger partial charge >= 0.3 is 0 Å². The van der Waals surface area contributed by atoms with Gasteiger partial charge in [0.2, 0.25) is 0 Å². The van der Waals surface area contributed by atoms with Crippen LogP contribution in [0.15, 0.2) is 24.3 Å². The van der Waals surface area contributed by atoms with E-state index in [-0.39, 0.29) is 0 Å². The van der Waals surface area contributed by atoms with Crippen LogP contribution in [0.25, 0.3) is 0 Å². The van der Waals surface area contributed by atoms with E-state index in [2.05, 4.69) is 55.4 Å². The highest BCUT2D eigenvalue weighted by atomic mass is 15.2. The molecule has 1 aliphatic carbocycles. The second-order valence-electron chi connectivity index (χ2n) is 4.98. The summed E-state index contributed by atoms with van der Waals surface area (Å²) >= 11 is 0. The minimum atomic E-state index is 0.545. The smallest absolute Gasteiger partial charge is 0.0383 e. The van der Waals surface area contributed by atoms with Crippen LogP contribution in [0.2, 0.25) is 0 Å². The van der Waals surface area contributed by atoms with Crippen molar-refractivity contribution in [3.63, 3.8) is 0 Å². The lowest BCUT2D eigenvalue weighted by Gasteiger charge is -2.27.